The van der Waals surface area contributed by atoms with Gasteiger partial charge >= 0.3 is 0 Å². The zero-order valence-corrected chi connectivity index (χ0v) is 16.4. The van der Waals surface area contributed by atoms with Gasteiger partial charge in [0.05, 0.1) is 5.52 Å². The van der Waals surface area contributed by atoms with E-state index in [9.17, 15) is 8.78 Å². The Morgan fingerprint density at radius 2 is 1.81 bits per heavy atom. The van der Waals surface area contributed by atoms with Gasteiger partial charge in [0.25, 0.3) is 0 Å². The summed E-state index contributed by atoms with van der Waals surface area (Å²) in [5, 5.41) is 0.939. The van der Waals surface area contributed by atoms with Crippen LogP contribution in [0.25, 0.3) is 10.9 Å². The van der Waals surface area contributed by atoms with Crippen LogP contribution in [0.15, 0.2) is 36.5 Å². The molecule has 0 spiro atoms. The molecule has 2 aromatic carbocycles. The Kier molecular flexibility index (Phi) is 5.80. The van der Waals surface area contributed by atoms with Gasteiger partial charge in [0, 0.05) is 30.7 Å². The number of likely N-dealkylation sites (N-methyl/N-ethyl adjacent to an activating group) is 1. The van der Waals surface area contributed by atoms with Crippen molar-refractivity contribution in [2.45, 2.75) is 33.4 Å². The molecule has 0 aliphatic rings. The van der Waals surface area contributed by atoms with Crippen molar-refractivity contribution in [1.29, 1.82) is 0 Å². The molecule has 3 nitrogen and oxygen atoms in total. The molecule has 5 heteroatoms. The van der Waals surface area contributed by atoms with Crippen LogP contribution in [-0.4, -0.2) is 30.1 Å². The second-order valence-electron chi connectivity index (χ2n) is 7.15. The highest BCUT2D eigenvalue weighted by Gasteiger charge is 2.16. The minimum atomic E-state index is -0.333. The molecular weight excluding hydrogens is 346 g/mol. The SMILES string of the molecule is CCn1cc(CCN(C)C)c2c(OCc3cc(F)ccc3C)cc(F)cc21. The van der Waals surface area contributed by atoms with Gasteiger partial charge in [0.2, 0.25) is 0 Å². The summed E-state index contributed by atoms with van der Waals surface area (Å²) in [7, 11) is 4.06. The van der Waals surface area contributed by atoms with Gasteiger partial charge in [-0.2, -0.15) is 0 Å². The van der Waals surface area contributed by atoms with E-state index in [0.717, 1.165) is 47.1 Å². The van der Waals surface area contributed by atoms with Gasteiger partial charge in [-0.05, 0) is 69.3 Å². The number of hydrogen-bond donors (Lipinski definition) is 0. The van der Waals surface area contributed by atoms with E-state index in [1.807, 2.05) is 32.5 Å². The lowest BCUT2D eigenvalue weighted by Crippen LogP contribution is -2.15. The van der Waals surface area contributed by atoms with Crippen LogP contribution in [0.4, 0.5) is 8.78 Å². The second-order valence-corrected chi connectivity index (χ2v) is 7.15. The highest BCUT2D eigenvalue weighted by molar-refractivity contribution is 5.90. The standard InChI is InChI=1S/C22H26F2N2O/c1-5-26-13-16(8-9-25(3)4)22-20(26)11-19(24)12-21(22)27-14-17-10-18(23)7-6-15(17)2/h6-7,10-13H,5,8-9,14H2,1-4H3. The molecule has 0 aliphatic heterocycles. The third-order valence-electron chi connectivity index (χ3n) is 4.85. The Hall–Kier alpha value is -2.40. The molecule has 0 fully saturated rings. The van der Waals surface area contributed by atoms with Crippen LogP contribution in [0, 0.1) is 18.6 Å². The summed E-state index contributed by atoms with van der Waals surface area (Å²) < 4.78 is 35.8. The molecule has 0 radical (unpaired) electrons. The van der Waals surface area contributed by atoms with E-state index >= 15 is 0 Å². The fourth-order valence-electron chi connectivity index (χ4n) is 3.30. The Morgan fingerprint density at radius 3 is 2.52 bits per heavy atom. The van der Waals surface area contributed by atoms with Crippen molar-refractivity contribution in [1.82, 2.24) is 9.47 Å². The summed E-state index contributed by atoms with van der Waals surface area (Å²) in [6.45, 7) is 5.80. The molecule has 3 rings (SSSR count). The highest BCUT2D eigenvalue weighted by Crippen LogP contribution is 2.33. The van der Waals surface area contributed by atoms with Gasteiger partial charge in [-0.15, -0.1) is 0 Å². The first-order valence-corrected chi connectivity index (χ1v) is 9.23. The van der Waals surface area contributed by atoms with Crippen molar-refractivity contribution in [3.8, 4) is 5.75 Å². The maximum absolute atomic E-state index is 14.2. The lowest BCUT2D eigenvalue weighted by atomic mass is 10.1. The number of benzene rings is 2. The number of ether oxygens (including phenoxy) is 1. The Morgan fingerprint density at radius 1 is 1.04 bits per heavy atom. The first-order chi connectivity index (χ1) is 12.9. The smallest absolute Gasteiger partial charge is 0.132 e. The zero-order valence-electron chi connectivity index (χ0n) is 16.4. The van der Waals surface area contributed by atoms with Crippen LogP contribution >= 0.6 is 0 Å². The molecule has 1 heterocycles. The van der Waals surface area contributed by atoms with E-state index in [1.54, 1.807) is 12.1 Å². The molecule has 0 saturated carbocycles. The summed E-state index contributed by atoms with van der Waals surface area (Å²) in [6.07, 6.45) is 2.92. The average Bonchev–Trinajstić information content (AvgIpc) is 2.98. The Bertz CT molecular complexity index is 947. The average molecular weight is 372 g/mol. The van der Waals surface area contributed by atoms with E-state index in [-0.39, 0.29) is 18.2 Å². The summed E-state index contributed by atoms with van der Waals surface area (Å²) in [6, 6.07) is 7.61. The third-order valence-corrected chi connectivity index (χ3v) is 4.85. The van der Waals surface area contributed by atoms with Crippen LogP contribution in [0.5, 0.6) is 5.75 Å². The predicted octanol–water partition coefficient (Wildman–Crippen LogP) is 4.93. The van der Waals surface area contributed by atoms with Crippen molar-refractivity contribution < 1.29 is 13.5 Å². The fraction of sp³-hybridized carbons (Fsp3) is 0.364. The summed E-state index contributed by atoms with van der Waals surface area (Å²) >= 11 is 0. The number of nitrogens with zero attached hydrogens (tertiary/aromatic N) is 2. The number of hydrogen-bond acceptors (Lipinski definition) is 2. The van der Waals surface area contributed by atoms with Gasteiger partial charge in [-0.25, -0.2) is 8.78 Å². The van der Waals surface area contributed by atoms with E-state index in [4.69, 9.17) is 4.74 Å². The van der Waals surface area contributed by atoms with E-state index in [0.29, 0.717) is 5.75 Å². The number of rotatable bonds is 7. The normalized spacial score (nSPS) is 11.5. The van der Waals surface area contributed by atoms with Crippen molar-refractivity contribution in [2.75, 3.05) is 20.6 Å². The molecule has 0 atom stereocenters. The van der Waals surface area contributed by atoms with E-state index < -0.39 is 0 Å². The number of fused-ring (bicyclic) bond motifs is 1. The number of aromatic nitrogens is 1. The zero-order chi connectivity index (χ0) is 19.6. The minimum Gasteiger partial charge on any atom is -0.488 e. The quantitative estimate of drug-likeness (QED) is 0.585. The molecular formula is C22H26F2N2O. The van der Waals surface area contributed by atoms with Crippen molar-refractivity contribution in [3.63, 3.8) is 0 Å². The first kappa shape index (κ1) is 19.4. The molecule has 0 bridgehead atoms. The summed E-state index contributed by atoms with van der Waals surface area (Å²) in [5.41, 5.74) is 3.67. The third kappa shape index (κ3) is 4.30. The molecule has 3 aromatic rings. The van der Waals surface area contributed by atoms with Gasteiger partial charge in [-0.1, -0.05) is 6.07 Å². The molecule has 27 heavy (non-hydrogen) atoms. The molecule has 0 aliphatic carbocycles. The van der Waals surface area contributed by atoms with Crippen molar-refractivity contribution >= 4 is 10.9 Å². The predicted molar refractivity (Wildman–Crippen MR) is 105 cm³/mol. The maximum atomic E-state index is 14.2. The Labute approximate surface area is 159 Å². The van der Waals surface area contributed by atoms with Crippen LogP contribution in [0.2, 0.25) is 0 Å². The number of halogens is 2. The molecule has 0 amide bonds. The van der Waals surface area contributed by atoms with Crippen LogP contribution in [0.3, 0.4) is 0 Å². The van der Waals surface area contributed by atoms with Gasteiger partial charge in [-0.3, -0.25) is 0 Å². The molecule has 1 aromatic heterocycles. The van der Waals surface area contributed by atoms with Crippen molar-refractivity contribution in [2.24, 2.45) is 0 Å². The maximum Gasteiger partial charge on any atom is 0.132 e. The molecule has 0 saturated heterocycles. The van der Waals surface area contributed by atoms with Gasteiger partial charge in [0.1, 0.15) is 24.0 Å². The lowest BCUT2D eigenvalue weighted by molar-refractivity contribution is 0.307. The van der Waals surface area contributed by atoms with E-state index in [2.05, 4.69) is 11.1 Å². The largest absolute Gasteiger partial charge is 0.488 e. The lowest BCUT2D eigenvalue weighted by Gasteiger charge is -2.13. The van der Waals surface area contributed by atoms with E-state index in [1.165, 1.54) is 18.2 Å². The van der Waals surface area contributed by atoms with Gasteiger partial charge < -0.3 is 14.2 Å². The van der Waals surface area contributed by atoms with Crippen molar-refractivity contribution in [3.05, 3.63) is 64.9 Å². The Balaban J connectivity index is 2.00. The highest BCUT2D eigenvalue weighted by atomic mass is 19.1. The molecule has 0 N–H and O–H groups in total. The minimum absolute atomic E-state index is 0.201. The topological polar surface area (TPSA) is 17.4 Å². The molecule has 0 unspecified atom stereocenters. The number of aryl methyl sites for hydroxylation is 2. The van der Waals surface area contributed by atoms with Crippen LogP contribution in [-0.2, 0) is 19.6 Å². The van der Waals surface area contributed by atoms with Gasteiger partial charge in [0.15, 0.2) is 0 Å². The first-order valence-electron chi connectivity index (χ1n) is 9.23. The molecule has 144 valence electrons. The van der Waals surface area contributed by atoms with Crippen LogP contribution < -0.4 is 4.74 Å². The van der Waals surface area contributed by atoms with Crippen LogP contribution in [0.1, 0.15) is 23.6 Å². The summed E-state index contributed by atoms with van der Waals surface area (Å²) in [5.74, 6) is -0.123. The second kappa shape index (κ2) is 8.09. The summed E-state index contributed by atoms with van der Waals surface area (Å²) in [4.78, 5) is 2.12. The fourth-order valence-corrected chi connectivity index (χ4v) is 3.30. The monoisotopic (exact) mass is 372 g/mol.